The fourth-order valence-electron chi connectivity index (χ4n) is 4.49. The first-order valence-electron chi connectivity index (χ1n) is 11.4. The molecule has 4 rings (SSSR count). The summed E-state index contributed by atoms with van der Waals surface area (Å²) in [6.45, 7) is 3.15. The van der Waals surface area contributed by atoms with Crippen LogP contribution in [0.5, 0.6) is 0 Å². The molecule has 0 radical (unpaired) electrons. The molecule has 0 spiro atoms. The van der Waals surface area contributed by atoms with Crippen molar-refractivity contribution in [2.75, 3.05) is 26.7 Å². The first kappa shape index (κ1) is 24.1. The number of nitrogens with zero attached hydrogens (tertiary/aromatic N) is 5. The Hall–Kier alpha value is -4.05. The molecule has 10 nitrogen and oxygen atoms in total. The van der Waals surface area contributed by atoms with Gasteiger partial charge >= 0.3 is 12.1 Å². The van der Waals surface area contributed by atoms with Crippen LogP contribution < -0.4 is 0 Å². The lowest BCUT2D eigenvalue weighted by molar-refractivity contribution is -0.868. The maximum atomic E-state index is 13.8. The van der Waals surface area contributed by atoms with Gasteiger partial charge in [0.2, 0.25) is 0 Å². The maximum Gasteiger partial charge on any atom is 0.513 e. The van der Waals surface area contributed by atoms with Crippen molar-refractivity contribution in [2.24, 2.45) is 0 Å². The first-order valence-corrected chi connectivity index (χ1v) is 11.4. The summed E-state index contributed by atoms with van der Waals surface area (Å²) in [5, 5.41) is 18.5. The molecule has 2 aromatic carbocycles. The van der Waals surface area contributed by atoms with Crippen LogP contribution in [0.15, 0.2) is 60.9 Å². The lowest BCUT2D eigenvalue weighted by Crippen LogP contribution is -2.53. The number of carboxylic acid groups (broad SMARTS) is 1. The van der Waals surface area contributed by atoms with Crippen LogP contribution in [0.4, 0.5) is 4.79 Å². The van der Waals surface area contributed by atoms with E-state index in [-0.39, 0.29) is 40.6 Å². The number of hydrogen-bond donors (Lipinski definition) is 1. The van der Waals surface area contributed by atoms with Gasteiger partial charge in [-0.3, -0.25) is 4.79 Å². The van der Waals surface area contributed by atoms with Crippen LogP contribution in [0, 0.1) is 0 Å². The van der Waals surface area contributed by atoms with Crippen LogP contribution in [0.2, 0.25) is 0 Å². The summed E-state index contributed by atoms with van der Waals surface area (Å²) in [5.74, 6) is -0.881. The van der Waals surface area contributed by atoms with Gasteiger partial charge in [-0.15, -0.1) is 0 Å². The number of esters is 1. The minimum Gasteiger partial charge on any atom is -0.465 e. The summed E-state index contributed by atoms with van der Waals surface area (Å²) in [5.41, 5.74) is 1.83. The van der Waals surface area contributed by atoms with Crippen molar-refractivity contribution in [3.8, 4) is 5.69 Å². The molecule has 2 heterocycles. The molecule has 1 unspecified atom stereocenters. The standard InChI is InChI=1S/C25H27N5O5/c1-18-10-14-30(25(33)34,17-19-6-4-3-5-7-19)15-13-28(18)23(31)21-16-20(24(32)35-2)8-9-22(21)29-26-11-12-27-29/h3-9,11-12,16,18H,10,13-15,17H2,1-2H3/p+1/t18-,30?/m1/s1. The van der Waals surface area contributed by atoms with Crippen LogP contribution in [-0.4, -0.2) is 80.2 Å². The van der Waals surface area contributed by atoms with Crippen molar-refractivity contribution in [3.63, 3.8) is 0 Å². The number of aromatic nitrogens is 3. The van der Waals surface area contributed by atoms with Gasteiger partial charge in [-0.1, -0.05) is 30.3 Å². The molecule has 0 saturated carbocycles. The average Bonchev–Trinajstić information content (AvgIpc) is 3.35. The predicted molar refractivity (Wildman–Crippen MR) is 126 cm³/mol. The SMILES string of the molecule is COC(=O)c1ccc(-n2nccn2)c(C(=O)N2CC[N+](Cc3ccccc3)(C(=O)O)CC[C@H]2C)c1. The molecule has 2 amide bonds. The second kappa shape index (κ2) is 10.1. The van der Waals surface area contributed by atoms with Crippen molar-refractivity contribution in [3.05, 3.63) is 77.6 Å². The number of quaternary nitrogens is 1. The van der Waals surface area contributed by atoms with Gasteiger partial charge in [-0.05, 0) is 25.1 Å². The summed E-state index contributed by atoms with van der Waals surface area (Å²) >= 11 is 0. The topological polar surface area (TPSA) is 115 Å². The van der Waals surface area contributed by atoms with Crippen molar-refractivity contribution in [1.82, 2.24) is 19.9 Å². The number of amides is 2. The maximum absolute atomic E-state index is 13.8. The number of carbonyl (C=O) groups excluding carboxylic acids is 2. The lowest BCUT2D eigenvalue weighted by atomic mass is 10.1. The van der Waals surface area contributed by atoms with Crippen molar-refractivity contribution in [2.45, 2.75) is 25.9 Å². The molecule has 182 valence electrons. The minimum atomic E-state index is -0.913. The molecule has 1 fully saturated rings. The molecule has 2 atom stereocenters. The Morgan fingerprint density at radius 1 is 1.09 bits per heavy atom. The highest BCUT2D eigenvalue weighted by Crippen LogP contribution is 2.25. The van der Waals surface area contributed by atoms with Crippen LogP contribution in [0.1, 0.15) is 39.6 Å². The van der Waals surface area contributed by atoms with E-state index in [9.17, 15) is 19.5 Å². The van der Waals surface area contributed by atoms with Gasteiger partial charge in [0.25, 0.3) is 5.91 Å². The van der Waals surface area contributed by atoms with E-state index >= 15 is 0 Å². The van der Waals surface area contributed by atoms with E-state index in [1.165, 1.54) is 30.4 Å². The molecule has 10 heteroatoms. The third-order valence-electron chi connectivity index (χ3n) is 6.55. The second-order valence-electron chi connectivity index (χ2n) is 8.70. The summed E-state index contributed by atoms with van der Waals surface area (Å²) in [4.78, 5) is 41.4. The quantitative estimate of drug-likeness (QED) is 0.443. The van der Waals surface area contributed by atoms with Crippen LogP contribution in [-0.2, 0) is 11.3 Å². The highest BCUT2D eigenvalue weighted by atomic mass is 16.5. The van der Waals surface area contributed by atoms with E-state index in [4.69, 9.17) is 4.74 Å². The summed E-state index contributed by atoms with van der Waals surface area (Å²) in [6, 6.07) is 13.9. The molecule has 1 N–H and O–H groups in total. The summed E-state index contributed by atoms with van der Waals surface area (Å²) < 4.78 is 4.67. The molecular weight excluding hydrogens is 450 g/mol. The van der Waals surface area contributed by atoms with Gasteiger partial charge in [-0.25, -0.2) is 9.28 Å². The van der Waals surface area contributed by atoms with E-state index in [1.807, 2.05) is 37.3 Å². The van der Waals surface area contributed by atoms with Gasteiger partial charge in [0, 0.05) is 18.0 Å². The Bertz CT molecular complexity index is 1210. The van der Waals surface area contributed by atoms with Crippen molar-refractivity contribution >= 4 is 18.0 Å². The monoisotopic (exact) mass is 478 g/mol. The molecule has 0 bridgehead atoms. The van der Waals surface area contributed by atoms with Crippen molar-refractivity contribution in [1.29, 1.82) is 0 Å². The van der Waals surface area contributed by atoms with Crippen LogP contribution >= 0.6 is 0 Å². The molecule has 3 aromatic rings. The fourth-order valence-corrected chi connectivity index (χ4v) is 4.49. The number of benzene rings is 2. The van der Waals surface area contributed by atoms with E-state index in [0.29, 0.717) is 25.2 Å². The van der Waals surface area contributed by atoms with Gasteiger partial charge in [0.05, 0.1) is 49.4 Å². The molecule has 1 saturated heterocycles. The number of rotatable bonds is 5. The third-order valence-corrected chi connectivity index (χ3v) is 6.55. The Morgan fingerprint density at radius 2 is 1.80 bits per heavy atom. The number of carbonyl (C=O) groups is 3. The molecule has 35 heavy (non-hydrogen) atoms. The number of hydrogen-bond acceptors (Lipinski definition) is 6. The molecule has 1 aromatic heterocycles. The Kier molecular flexibility index (Phi) is 6.92. The van der Waals surface area contributed by atoms with Crippen LogP contribution in [0.25, 0.3) is 5.69 Å². The van der Waals surface area contributed by atoms with E-state index in [2.05, 4.69) is 10.2 Å². The zero-order valence-corrected chi connectivity index (χ0v) is 19.7. The van der Waals surface area contributed by atoms with Crippen LogP contribution in [0.3, 0.4) is 0 Å². The number of methoxy groups -OCH3 is 1. The van der Waals surface area contributed by atoms with Gasteiger partial charge in [0.15, 0.2) is 0 Å². The van der Waals surface area contributed by atoms with Gasteiger partial charge in [0.1, 0.15) is 13.1 Å². The summed E-state index contributed by atoms with van der Waals surface area (Å²) in [7, 11) is 1.28. The highest BCUT2D eigenvalue weighted by Gasteiger charge is 2.42. The predicted octanol–water partition coefficient (Wildman–Crippen LogP) is 2.98. The van der Waals surface area contributed by atoms with E-state index < -0.39 is 12.1 Å². The highest BCUT2D eigenvalue weighted by molar-refractivity contribution is 6.01. The van der Waals surface area contributed by atoms with Gasteiger partial charge in [-0.2, -0.15) is 19.8 Å². The van der Waals surface area contributed by atoms with E-state index in [1.54, 1.807) is 17.0 Å². The molecule has 1 aliphatic heterocycles. The Morgan fingerprint density at radius 3 is 2.46 bits per heavy atom. The zero-order valence-electron chi connectivity index (χ0n) is 19.7. The zero-order chi connectivity index (χ0) is 25.0. The second-order valence-corrected chi connectivity index (χ2v) is 8.70. The first-order chi connectivity index (χ1) is 16.8. The Balaban J connectivity index is 1.67. The lowest BCUT2D eigenvalue weighted by Gasteiger charge is -2.31. The minimum absolute atomic E-state index is 0.159. The smallest absolute Gasteiger partial charge is 0.465 e. The normalized spacial score (nSPS) is 20.2. The largest absolute Gasteiger partial charge is 0.513 e. The number of ether oxygens (including phenoxy) is 1. The molecule has 1 aliphatic rings. The van der Waals surface area contributed by atoms with Crippen molar-refractivity contribution < 1.29 is 28.7 Å². The molecular formula is C25H28N5O5+. The van der Waals surface area contributed by atoms with Gasteiger partial charge < -0.3 is 14.7 Å². The Labute approximate surface area is 202 Å². The fraction of sp³-hybridized carbons (Fsp3) is 0.320. The van der Waals surface area contributed by atoms with E-state index in [0.717, 1.165) is 5.56 Å². The summed E-state index contributed by atoms with van der Waals surface area (Å²) in [6.07, 6.45) is 2.60. The average molecular weight is 479 g/mol. The molecule has 0 aliphatic carbocycles. The third kappa shape index (κ3) is 4.92.